The summed E-state index contributed by atoms with van der Waals surface area (Å²) in [6.07, 6.45) is 3.36. The minimum Gasteiger partial charge on any atom is -0.328 e. The Hall–Kier alpha value is -1.15. The number of nitrogens with one attached hydrogen (secondary N) is 1. The largest absolute Gasteiger partial charge is 0.328 e. The Morgan fingerprint density at radius 3 is 2.48 bits per heavy atom. The smallest absolute Gasteiger partial charge is 0.238 e. The molecular weight excluding hydrogens is 338 g/mol. The van der Waals surface area contributed by atoms with E-state index in [1.807, 2.05) is 6.92 Å². The fourth-order valence-corrected chi connectivity index (χ4v) is 3.44. The molecule has 5 N–H and O–H groups in total. The van der Waals surface area contributed by atoms with Crippen LogP contribution in [0.1, 0.15) is 36.8 Å². The maximum atomic E-state index is 12.4. The molecule has 1 aliphatic carbocycles. The van der Waals surface area contributed by atoms with Gasteiger partial charge in [0.05, 0.1) is 4.90 Å². The SMILES string of the molecule is Cc1cc(S(N)(=O)=O)cc(NC(=O)C2CCCC(N)C2)c1C.Cl. The zero-order chi connectivity index (χ0) is 16.5. The minimum absolute atomic E-state index is 0. The Morgan fingerprint density at radius 1 is 1.26 bits per heavy atom. The zero-order valence-corrected chi connectivity index (χ0v) is 15.0. The number of sulfonamides is 1. The van der Waals surface area contributed by atoms with E-state index in [1.54, 1.807) is 6.92 Å². The average Bonchev–Trinajstić information content (AvgIpc) is 2.42. The number of carbonyl (C=O) groups excluding carboxylic acids is 1. The Labute approximate surface area is 143 Å². The Bertz CT molecular complexity index is 691. The van der Waals surface area contributed by atoms with E-state index >= 15 is 0 Å². The topological polar surface area (TPSA) is 115 Å². The molecule has 1 amide bonds. The molecule has 0 saturated heterocycles. The van der Waals surface area contributed by atoms with Gasteiger partial charge in [-0.15, -0.1) is 12.4 Å². The third kappa shape index (κ3) is 4.91. The molecule has 2 atom stereocenters. The van der Waals surface area contributed by atoms with Crippen molar-refractivity contribution < 1.29 is 13.2 Å². The molecule has 0 heterocycles. The van der Waals surface area contributed by atoms with E-state index in [-0.39, 0.29) is 35.2 Å². The van der Waals surface area contributed by atoms with Crippen molar-refractivity contribution in [3.8, 4) is 0 Å². The van der Waals surface area contributed by atoms with Crippen molar-refractivity contribution in [1.82, 2.24) is 0 Å². The van der Waals surface area contributed by atoms with Gasteiger partial charge in [0, 0.05) is 17.6 Å². The minimum atomic E-state index is -3.81. The van der Waals surface area contributed by atoms with Gasteiger partial charge < -0.3 is 11.1 Å². The summed E-state index contributed by atoms with van der Waals surface area (Å²) in [6, 6.07) is 2.98. The van der Waals surface area contributed by atoms with Crippen LogP contribution in [0.4, 0.5) is 5.69 Å². The second-order valence-corrected chi connectivity index (χ2v) is 7.63. The molecule has 0 radical (unpaired) electrons. The standard InChI is InChI=1S/C15H23N3O3S.ClH/c1-9-6-13(22(17,20)21)8-14(10(9)2)18-15(19)11-4-3-5-12(16)7-11;/h6,8,11-12H,3-5,7,16H2,1-2H3,(H,18,19)(H2,17,20,21);1H. The van der Waals surface area contributed by atoms with E-state index < -0.39 is 10.0 Å². The first-order valence-corrected chi connectivity index (χ1v) is 8.93. The fourth-order valence-electron chi connectivity index (χ4n) is 2.82. The summed E-state index contributed by atoms with van der Waals surface area (Å²) in [7, 11) is -3.81. The summed E-state index contributed by atoms with van der Waals surface area (Å²) < 4.78 is 23.1. The summed E-state index contributed by atoms with van der Waals surface area (Å²) in [4.78, 5) is 12.4. The molecule has 8 heteroatoms. The van der Waals surface area contributed by atoms with E-state index in [9.17, 15) is 13.2 Å². The Kier molecular flexibility index (Phi) is 6.59. The summed E-state index contributed by atoms with van der Waals surface area (Å²) >= 11 is 0. The highest BCUT2D eigenvalue weighted by molar-refractivity contribution is 7.89. The molecule has 23 heavy (non-hydrogen) atoms. The Morgan fingerprint density at radius 2 is 1.91 bits per heavy atom. The molecule has 1 fully saturated rings. The lowest BCUT2D eigenvalue weighted by Crippen LogP contribution is -2.34. The van der Waals surface area contributed by atoms with Crippen molar-refractivity contribution in [2.75, 3.05) is 5.32 Å². The number of hydrogen-bond acceptors (Lipinski definition) is 4. The molecule has 2 unspecified atom stereocenters. The van der Waals surface area contributed by atoms with E-state index in [4.69, 9.17) is 10.9 Å². The van der Waals surface area contributed by atoms with Crippen LogP contribution in [0.5, 0.6) is 0 Å². The summed E-state index contributed by atoms with van der Waals surface area (Å²) in [5.74, 6) is -0.231. The number of aryl methyl sites for hydroxylation is 1. The number of nitrogens with two attached hydrogens (primary N) is 2. The van der Waals surface area contributed by atoms with Gasteiger partial charge in [0.2, 0.25) is 15.9 Å². The number of anilines is 1. The molecule has 0 bridgehead atoms. The van der Waals surface area contributed by atoms with Crippen LogP contribution in [-0.4, -0.2) is 20.4 Å². The van der Waals surface area contributed by atoms with Crippen LogP contribution in [0.3, 0.4) is 0 Å². The number of carbonyl (C=O) groups is 1. The quantitative estimate of drug-likeness (QED) is 0.761. The molecular formula is C15H24ClN3O3S. The molecule has 0 spiro atoms. The third-order valence-corrected chi connectivity index (χ3v) is 5.21. The number of benzene rings is 1. The zero-order valence-electron chi connectivity index (χ0n) is 13.3. The molecule has 0 aliphatic heterocycles. The Balaban J connectivity index is 0.00000264. The van der Waals surface area contributed by atoms with Crippen molar-refractivity contribution in [2.45, 2.75) is 50.5 Å². The number of rotatable bonds is 3. The van der Waals surface area contributed by atoms with Crippen LogP contribution in [0.2, 0.25) is 0 Å². The molecule has 0 aromatic heterocycles. The summed E-state index contributed by atoms with van der Waals surface area (Å²) in [5, 5.41) is 8.02. The van der Waals surface area contributed by atoms with Crippen molar-refractivity contribution in [3.63, 3.8) is 0 Å². The van der Waals surface area contributed by atoms with Crippen molar-refractivity contribution in [2.24, 2.45) is 16.8 Å². The van der Waals surface area contributed by atoms with Crippen LogP contribution in [-0.2, 0) is 14.8 Å². The molecule has 6 nitrogen and oxygen atoms in total. The van der Waals surface area contributed by atoms with E-state index in [0.717, 1.165) is 30.4 Å². The van der Waals surface area contributed by atoms with Crippen LogP contribution in [0.15, 0.2) is 17.0 Å². The van der Waals surface area contributed by atoms with Gasteiger partial charge in [0.1, 0.15) is 0 Å². The second-order valence-electron chi connectivity index (χ2n) is 6.07. The van der Waals surface area contributed by atoms with Gasteiger partial charge in [-0.05, 0) is 56.4 Å². The highest BCUT2D eigenvalue weighted by Crippen LogP contribution is 2.27. The highest BCUT2D eigenvalue weighted by Gasteiger charge is 2.26. The van der Waals surface area contributed by atoms with E-state index in [2.05, 4.69) is 5.32 Å². The lowest BCUT2D eigenvalue weighted by molar-refractivity contribution is -0.120. The fraction of sp³-hybridized carbons (Fsp3) is 0.533. The van der Waals surface area contributed by atoms with Gasteiger partial charge in [-0.3, -0.25) is 4.79 Å². The van der Waals surface area contributed by atoms with Crippen LogP contribution < -0.4 is 16.2 Å². The number of primary sulfonamides is 1. The van der Waals surface area contributed by atoms with Crippen molar-refractivity contribution in [1.29, 1.82) is 0 Å². The molecule has 130 valence electrons. The first kappa shape index (κ1) is 19.9. The maximum absolute atomic E-state index is 12.4. The predicted octanol–water partition coefficient (Wildman–Crippen LogP) is 1.83. The lowest BCUT2D eigenvalue weighted by atomic mass is 9.85. The van der Waals surface area contributed by atoms with Crippen LogP contribution in [0.25, 0.3) is 0 Å². The number of amides is 1. The summed E-state index contributed by atoms with van der Waals surface area (Å²) in [5.41, 5.74) is 8.01. The van der Waals surface area contributed by atoms with Crippen molar-refractivity contribution >= 4 is 34.0 Å². The second kappa shape index (κ2) is 7.61. The van der Waals surface area contributed by atoms with Gasteiger partial charge >= 0.3 is 0 Å². The molecule has 1 saturated carbocycles. The maximum Gasteiger partial charge on any atom is 0.238 e. The normalized spacial score (nSPS) is 21.4. The summed E-state index contributed by atoms with van der Waals surface area (Å²) in [6.45, 7) is 3.63. The predicted molar refractivity (Wildman–Crippen MR) is 93.1 cm³/mol. The first-order valence-electron chi connectivity index (χ1n) is 7.39. The average molecular weight is 362 g/mol. The number of hydrogen-bond donors (Lipinski definition) is 3. The van der Waals surface area contributed by atoms with Gasteiger partial charge in [-0.1, -0.05) is 6.42 Å². The van der Waals surface area contributed by atoms with Crippen LogP contribution >= 0.6 is 12.4 Å². The molecule has 1 aliphatic rings. The van der Waals surface area contributed by atoms with Crippen LogP contribution in [0, 0.1) is 19.8 Å². The molecule has 1 aromatic rings. The van der Waals surface area contributed by atoms with Gasteiger partial charge in [0.25, 0.3) is 0 Å². The molecule has 1 aromatic carbocycles. The van der Waals surface area contributed by atoms with E-state index in [0.29, 0.717) is 12.1 Å². The third-order valence-electron chi connectivity index (χ3n) is 4.31. The van der Waals surface area contributed by atoms with Gasteiger partial charge in [-0.2, -0.15) is 0 Å². The van der Waals surface area contributed by atoms with E-state index in [1.165, 1.54) is 12.1 Å². The van der Waals surface area contributed by atoms with Gasteiger partial charge in [0.15, 0.2) is 0 Å². The first-order chi connectivity index (χ1) is 10.2. The lowest BCUT2D eigenvalue weighted by Gasteiger charge is -2.26. The highest BCUT2D eigenvalue weighted by atomic mass is 35.5. The monoisotopic (exact) mass is 361 g/mol. The number of halogens is 1. The van der Waals surface area contributed by atoms with Gasteiger partial charge in [-0.25, -0.2) is 13.6 Å². The van der Waals surface area contributed by atoms with Crippen molar-refractivity contribution in [3.05, 3.63) is 23.3 Å². The molecule has 2 rings (SSSR count).